The van der Waals surface area contributed by atoms with Crippen LogP contribution in [0.15, 0.2) is 40.9 Å². The van der Waals surface area contributed by atoms with E-state index < -0.39 is 0 Å². The van der Waals surface area contributed by atoms with Gasteiger partial charge in [-0.05, 0) is 64.2 Å². The normalized spacial score (nSPS) is 12.5. The maximum absolute atomic E-state index is 13.5. The Morgan fingerprint density at radius 2 is 1.61 bits per heavy atom. The summed E-state index contributed by atoms with van der Waals surface area (Å²) in [5.41, 5.74) is 4.17. The molecule has 0 aliphatic heterocycles. The second-order valence-corrected chi connectivity index (χ2v) is 5.67. The summed E-state index contributed by atoms with van der Waals surface area (Å²) in [6.07, 6.45) is 0. The van der Waals surface area contributed by atoms with E-state index in [2.05, 4.69) is 22.9 Å². The molecule has 2 aromatic carbocycles. The molecule has 0 nitrogen and oxygen atoms in total. The molecular weight excluding hydrogens is 315 g/mol. The summed E-state index contributed by atoms with van der Waals surface area (Å²) in [4.78, 5) is 0. The quantitative estimate of drug-likeness (QED) is 0.636. The van der Waals surface area contributed by atoms with E-state index in [1.54, 1.807) is 6.07 Å². The number of hydrogen-bond donors (Lipinski definition) is 0. The van der Waals surface area contributed by atoms with Crippen molar-refractivity contribution in [3.63, 3.8) is 0 Å². The van der Waals surface area contributed by atoms with Crippen LogP contribution in [0.2, 0.25) is 0 Å². The molecule has 0 heterocycles. The Morgan fingerprint density at radius 3 is 2.22 bits per heavy atom. The fourth-order valence-electron chi connectivity index (χ4n) is 1.78. The molecule has 3 heteroatoms. The molecule has 0 fully saturated rings. The highest BCUT2D eigenvalue weighted by Gasteiger charge is 2.13. The van der Waals surface area contributed by atoms with Crippen LogP contribution in [0.4, 0.5) is 4.39 Å². The third-order valence-electron chi connectivity index (χ3n) is 3.06. The van der Waals surface area contributed by atoms with Gasteiger partial charge in [0.1, 0.15) is 5.82 Å². The van der Waals surface area contributed by atoms with Crippen LogP contribution in [0.3, 0.4) is 0 Å². The monoisotopic (exact) mass is 326 g/mol. The lowest BCUT2D eigenvalue weighted by Gasteiger charge is -2.12. The van der Waals surface area contributed by atoms with Crippen molar-refractivity contribution in [2.45, 2.75) is 19.2 Å². The van der Waals surface area contributed by atoms with Crippen molar-refractivity contribution in [2.24, 2.45) is 0 Å². The van der Waals surface area contributed by atoms with Crippen molar-refractivity contribution in [1.29, 1.82) is 0 Å². The first-order chi connectivity index (χ1) is 8.49. The Morgan fingerprint density at radius 1 is 1.00 bits per heavy atom. The first kappa shape index (κ1) is 13.6. The molecule has 18 heavy (non-hydrogen) atoms. The van der Waals surface area contributed by atoms with E-state index in [-0.39, 0.29) is 11.2 Å². The minimum Gasteiger partial charge on any atom is -0.206 e. The fraction of sp³-hybridized carbons (Fsp3) is 0.200. The Balaban J connectivity index is 2.37. The predicted octanol–water partition coefficient (Wildman–Crippen LogP) is 5.53. The van der Waals surface area contributed by atoms with E-state index in [4.69, 9.17) is 11.6 Å². The molecule has 1 atom stereocenters. The predicted molar refractivity (Wildman–Crippen MR) is 77.7 cm³/mol. The average molecular weight is 328 g/mol. The maximum Gasteiger partial charge on any atom is 0.137 e. The highest BCUT2D eigenvalue weighted by molar-refractivity contribution is 9.10. The van der Waals surface area contributed by atoms with Gasteiger partial charge in [-0.1, -0.05) is 24.3 Å². The van der Waals surface area contributed by atoms with Crippen LogP contribution >= 0.6 is 27.5 Å². The Hall–Kier alpha value is -0.860. The second-order valence-electron chi connectivity index (χ2n) is 4.38. The SMILES string of the molecule is Cc1ccc(C(Cl)c2ccc(Br)c(F)c2)cc1C. The van der Waals surface area contributed by atoms with Crippen LogP contribution in [-0.4, -0.2) is 0 Å². The summed E-state index contributed by atoms with van der Waals surface area (Å²) in [6, 6.07) is 11.1. The van der Waals surface area contributed by atoms with Gasteiger partial charge in [-0.15, -0.1) is 11.6 Å². The Kier molecular flexibility index (Phi) is 4.08. The first-order valence-electron chi connectivity index (χ1n) is 5.65. The first-order valence-corrected chi connectivity index (χ1v) is 6.88. The number of alkyl halides is 1. The molecule has 0 aliphatic carbocycles. The molecule has 0 bridgehead atoms. The van der Waals surface area contributed by atoms with E-state index in [1.165, 1.54) is 17.2 Å². The van der Waals surface area contributed by atoms with Crippen LogP contribution in [0, 0.1) is 19.7 Å². The van der Waals surface area contributed by atoms with Crippen molar-refractivity contribution < 1.29 is 4.39 Å². The molecule has 0 aliphatic rings. The van der Waals surface area contributed by atoms with Gasteiger partial charge in [0.15, 0.2) is 0 Å². The lowest BCUT2D eigenvalue weighted by molar-refractivity contribution is 0.619. The van der Waals surface area contributed by atoms with Gasteiger partial charge in [0.2, 0.25) is 0 Å². The molecule has 2 rings (SSSR count). The minimum atomic E-state index is -0.327. The average Bonchev–Trinajstić information content (AvgIpc) is 2.35. The zero-order valence-electron chi connectivity index (χ0n) is 10.2. The third kappa shape index (κ3) is 2.76. The van der Waals surface area contributed by atoms with Crippen molar-refractivity contribution >= 4 is 27.5 Å². The smallest absolute Gasteiger partial charge is 0.137 e. The van der Waals surface area contributed by atoms with Crippen LogP contribution in [0.25, 0.3) is 0 Å². The Bertz CT molecular complexity index is 529. The van der Waals surface area contributed by atoms with Gasteiger partial charge in [-0.25, -0.2) is 4.39 Å². The van der Waals surface area contributed by atoms with Gasteiger partial charge in [-0.3, -0.25) is 0 Å². The fourth-order valence-corrected chi connectivity index (χ4v) is 2.30. The zero-order chi connectivity index (χ0) is 13.3. The van der Waals surface area contributed by atoms with Crippen LogP contribution in [0.5, 0.6) is 0 Å². The Labute approximate surface area is 120 Å². The van der Waals surface area contributed by atoms with Crippen LogP contribution < -0.4 is 0 Å². The lowest BCUT2D eigenvalue weighted by atomic mass is 10.00. The highest BCUT2D eigenvalue weighted by atomic mass is 79.9. The standard InChI is InChI=1S/C15H13BrClF/c1-9-3-4-11(7-10(9)2)15(17)12-5-6-13(16)14(18)8-12/h3-8,15H,1-2H3. The molecule has 0 N–H and O–H groups in total. The van der Waals surface area contributed by atoms with Crippen LogP contribution in [-0.2, 0) is 0 Å². The molecular formula is C15H13BrClF. The third-order valence-corrected chi connectivity index (χ3v) is 4.21. The summed E-state index contributed by atoms with van der Waals surface area (Å²) in [5.74, 6) is -0.290. The molecule has 2 aromatic rings. The summed E-state index contributed by atoms with van der Waals surface area (Å²) >= 11 is 9.54. The topological polar surface area (TPSA) is 0 Å². The van der Waals surface area contributed by atoms with E-state index >= 15 is 0 Å². The highest BCUT2D eigenvalue weighted by Crippen LogP contribution is 2.31. The summed E-state index contributed by atoms with van der Waals surface area (Å²) in [5, 5.41) is -0.327. The van der Waals surface area contributed by atoms with E-state index in [9.17, 15) is 4.39 Å². The number of hydrogen-bond acceptors (Lipinski definition) is 0. The molecule has 1 unspecified atom stereocenters. The number of rotatable bonds is 2. The van der Waals surface area contributed by atoms with Gasteiger partial charge < -0.3 is 0 Å². The van der Waals surface area contributed by atoms with Gasteiger partial charge in [0.05, 0.1) is 9.85 Å². The zero-order valence-corrected chi connectivity index (χ0v) is 12.5. The summed E-state index contributed by atoms with van der Waals surface area (Å²) in [7, 11) is 0. The van der Waals surface area contributed by atoms with Crippen molar-refractivity contribution in [1.82, 2.24) is 0 Å². The molecule has 0 aromatic heterocycles. The summed E-state index contributed by atoms with van der Waals surface area (Å²) < 4.78 is 13.9. The lowest BCUT2D eigenvalue weighted by Crippen LogP contribution is -1.96. The summed E-state index contributed by atoms with van der Waals surface area (Å²) in [6.45, 7) is 4.10. The van der Waals surface area contributed by atoms with Crippen molar-refractivity contribution in [3.8, 4) is 0 Å². The van der Waals surface area contributed by atoms with Crippen LogP contribution in [0.1, 0.15) is 27.6 Å². The maximum atomic E-state index is 13.5. The van der Waals surface area contributed by atoms with Gasteiger partial charge in [0.25, 0.3) is 0 Å². The molecule has 94 valence electrons. The molecule has 0 saturated heterocycles. The van der Waals surface area contributed by atoms with Gasteiger partial charge in [-0.2, -0.15) is 0 Å². The van der Waals surface area contributed by atoms with E-state index in [1.807, 2.05) is 31.2 Å². The van der Waals surface area contributed by atoms with Crippen molar-refractivity contribution in [2.75, 3.05) is 0 Å². The van der Waals surface area contributed by atoms with Gasteiger partial charge >= 0.3 is 0 Å². The number of halogens is 3. The van der Waals surface area contributed by atoms with E-state index in [0.717, 1.165) is 11.1 Å². The number of aryl methyl sites for hydroxylation is 2. The minimum absolute atomic E-state index is 0.290. The molecule has 0 spiro atoms. The molecule has 0 amide bonds. The number of benzene rings is 2. The van der Waals surface area contributed by atoms with Crippen molar-refractivity contribution in [3.05, 3.63) is 68.9 Å². The largest absolute Gasteiger partial charge is 0.206 e. The second kappa shape index (κ2) is 5.41. The van der Waals surface area contributed by atoms with E-state index in [0.29, 0.717) is 4.47 Å². The molecule has 0 saturated carbocycles. The van der Waals surface area contributed by atoms with Gasteiger partial charge in [0, 0.05) is 0 Å². The molecule has 0 radical (unpaired) electrons.